The Hall–Kier alpha value is -3.28. The van der Waals surface area contributed by atoms with Crippen LogP contribution in [0.4, 0.5) is 0 Å². The van der Waals surface area contributed by atoms with Crippen LogP contribution in [0.25, 0.3) is 11.0 Å². The van der Waals surface area contributed by atoms with Gasteiger partial charge in [-0.25, -0.2) is 0 Å². The Morgan fingerprint density at radius 3 is 2.55 bits per heavy atom. The zero-order chi connectivity index (χ0) is 23.4. The van der Waals surface area contributed by atoms with Gasteiger partial charge in [-0.1, -0.05) is 51.3 Å². The van der Waals surface area contributed by atoms with Gasteiger partial charge in [-0.05, 0) is 42.7 Å². The molecule has 0 saturated carbocycles. The quantitative estimate of drug-likeness (QED) is 0.371. The summed E-state index contributed by atoms with van der Waals surface area (Å²) >= 11 is 0. The molecule has 0 spiro atoms. The molecule has 2 heterocycles. The molecule has 33 heavy (non-hydrogen) atoms. The van der Waals surface area contributed by atoms with Crippen molar-refractivity contribution in [1.82, 2.24) is 4.90 Å². The molecule has 0 N–H and O–H groups in total. The number of carbonyl (C=O) groups excluding carboxylic acids is 1. The molecule has 1 aliphatic heterocycles. The van der Waals surface area contributed by atoms with E-state index in [1.54, 1.807) is 36.3 Å². The van der Waals surface area contributed by atoms with Crippen molar-refractivity contribution in [3.8, 4) is 11.5 Å². The first-order valence-electron chi connectivity index (χ1n) is 11.8. The van der Waals surface area contributed by atoms with Crippen LogP contribution in [0.1, 0.15) is 73.7 Å². The van der Waals surface area contributed by atoms with E-state index < -0.39 is 6.04 Å². The van der Waals surface area contributed by atoms with E-state index >= 15 is 0 Å². The molecule has 6 nitrogen and oxygen atoms in total. The monoisotopic (exact) mass is 449 g/mol. The summed E-state index contributed by atoms with van der Waals surface area (Å²) in [6, 6.07) is 12.2. The number of para-hydroxylation sites is 1. The van der Waals surface area contributed by atoms with Gasteiger partial charge >= 0.3 is 0 Å². The Kier molecular flexibility index (Phi) is 7.02. The molecule has 3 aromatic rings. The van der Waals surface area contributed by atoms with Crippen molar-refractivity contribution in [2.75, 3.05) is 20.3 Å². The summed E-state index contributed by atoms with van der Waals surface area (Å²) in [5.74, 6) is 1.13. The van der Waals surface area contributed by atoms with E-state index in [-0.39, 0.29) is 17.1 Å². The number of hydrogen-bond donors (Lipinski definition) is 0. The maximum atomic E-state index is 13.5. The molecule has 0 aliphatic carbocycles. The van der Waals surface area contributed by atoms with Crippen molar-refractivity contribution in [3.63, 3.8) is 0 Å². The fourth-order valence-corrected chi connectivity index (χ4v) is 4.47. The topological polar surface area (TPSA) is 69.0 Å². The minimum atomic E-state index is -0.527. The summed E-state index contributed by atoms with van der Waals surface area (Å²) in [6.45, 7) is 5.33. The highest BCUT2D eigenvalue weighted by atomic mass is 16.5. The third-order valence-electron chi connectivity index (χ3n) is 6.10. The molecule has 1 aromatic heterocycles. The first kappa shape index (κ1) is 22.9. The van der Waals surface area contributed by atoms with Crippen molar-refractivity contribution in [1.29, 1.82) is 0 Å². The van der Waals surface area contributed by atoms with Crippen molar-refractivity contribution >= 4 is 16.9 Å². The number of benzene rings is 2. The number of rotatable bonds is 10. The molecule has 0 bridgehead atoms. The number of carbonyl (C=O) groups is 1. The van der Waals surface area contributed by atoms with Crippen LogP contribution in [-0.4, -0.2) is 31.1 Å². The first-order chi connectivity index (χ1) is 16.1. The Balaban J connectivity index is 1.74. The van der Waals surface area contributed by atoms with Gasteiger partial charge in [0, 0.05) is 6.54 Å². The summed E-state index contributed by atoms with van der Waals surface area (Å²) in [4.78, 5) is 28.4. The van der Waals surface area contributed by atoms with Crippen LogP contribution in [0.2, 0.25) is 0 Å². The van der Waals surface area contributed by atoms with E-state index in [1.807, 2.05) is 25.1 Å². The fourth-order valence-electron chi connectivity index (χ4n) is 4.47. The molecule has 1 aliphatic rings. The SMILES string of the molecule is CCCCCCOc1ccc([C@H]2c3c(oc4ccccc4c3=O)C(=O)N2CCC)cc1OC. The van der Waals surface area contributed by atoms with Crippen LogP contribution < -0.4 is 14.9 Å². The molecule has 4 rings (SSSR count). The molecule has 1 atom stereocenters. The number of unbranched alkanes of at least 4 members (excludes halogenated alkanes) is 3. The maximum absolute atomic E-state index is 13.5. The normalized spacial score (nSPS) is 15.2. The Labute approximate surface area is 194 Å². The summed E-state index contributed by atoms with van der Waals surface area (Å²) in [5, 5.41) is 0.478. The zero-order valence-corrected chi connectivity index (χ0v) is 19.6. The van der Waals surface area contributed by atoms with Crippen LogP contribution in [0, 0.1) is 0 Å². The van der Waals surface area contributed by atoms with Crippen molar-refractivity contribution in [2.24, 2.45) is 0 Å². The third-order valence-corrected chi connectivity index (χ3v) is 6.10. The summed E-state index contributed by atoms with van der Waals surface area (Å²) in [6.07, 6.45) is 5.26. The van der Waals surface area contributed by atoms with E-state index in [1.165, 1.54) is 12.8 Å². The van der Waals surface area contributed by atoms with Gasteiger partial charge in [0.1, 0.15) is 5.58 Å². The lowest BCUT2D eigenvalue weighted by Crippen LogP contribution is -2.30. The number of methoxy groups -OCH3 is 1. The van der Waals surface area contributed by atoms with Crippen LogP contribution in [0.15, 0.2) is 51.7 Å². The predicted molar refractivity (Wildman–Crippen MR) is 128 cm³/mol. The minimum absolute atomic E-state index is 0.132. The first-order valence-corrected chi connectivity index (χ1v) is 11.8. The number of ether oxygens (including phenoxy) is 2. The molecule has 0 saturated heterocycles. The van der Waals surface area contributed by atoms with Gasteiger partial charge in [-0.15, -0.1) is 0 Å². The fraction of sp³-hybridized carbons (Fsp3) is 0.407. The van der Waals surface area contributed by atoms with E-state index in [4.69, 9.17) is 13.9 Å². The third kappa shape index (κ3) is 4.34. The van der Waals surface area contributed by atoms with Crippen molar-refractivity contribution in [2.45, 2.75) is 52.0 Å². The number of nitrogens with zero attached hydrogens (tertiary/aromatic N) is 1. The van der Waals surface area contributed by atoms with Gasteiger partial charge in [0.05, 0.1) is 30.7 Å². The second kappa shape index (κ2) is 10.1. The van der Waals surface area contributed by atoms with E-state index in [2.05, 4.69) is 6.92 Å². The van der Waals surface area contributed by atoms with E-state index in [0.717, 1.165) is 24.8 Å². The standard InChI is InChI=1S/C27H31NO5/c1-4-6-7-10-16-32-21-14-13-18(17-22(21)31-3)24-23-25(29)19-11-8-9-12-20(19)33-26(23)27(30)28(24)15-5-2/h8-9,11-14,17,24H,4-7,10,15-16H2,1-3H3/t24-/m0/s1. The predicted octanol–water partition coefficient (Wildman–Crippen LogP) is 5.72. The molecule has 1 amide bonds. The van der Waals surface area contributed by atoms with Crippen LogP contribution >= 0.6 is 0 Å². The molecular weight excluding hydrogens is 418 g/mol. The van der Waals surface area contributed by atoms with Gasteiger partial charge < -0.3 is 18.8 Å². The maximum Gasteiger partial charge on any atom is 0.290 e. The van der Waals surface area contributed by atoms with Crippen LogP contribution in [-0.2, 0) is 0 Å². The van der Waals surface area contributed by atoms with Crippen molar-refractivity contribution in [3.05, 3.63) is 69.6 Å². The highest BCUT2D eigenvalue weighted by Gasteiger charge is 2.42. The van der Waals surface area contributed by atoms with E-state index in [9.17, 15) is 9.59 Å². The summed E-state index contributed by atoms with van der Waals surface area (Å²) in [5.41, 5.74) is 1.45. The summed E-state index contributed by atoms with van der Waals surface area (Å²) in [7, 11) is 1.60. The second-order valence-corrected chi connectivity index (χ2v) is 8.39. The van der Waals surface area contributed by atoms with Gasteiger partial charge in [0.2, 0.25) is 5.76 Å². The number of hydrogen-bond acceptors (Lipinski definition) is 5. The van der Waals surface area contributed by atoms with Crippen LogP contribution in [0.5, 0.6) is 11.5 Å². The molecule has 0 unspecified atom stereocenters. The van der Waals surface area contributed by atoms with Gasteiger partial charge in [0.25, 0.3) is 5.91 Å². The van der Waals surface area contributed by atoms with Gasteiger partial charge in [-0.2, -0.15) is 0 Å². The molecule has 174 valence electrons. The van der Waals surface area contributed by atoms with Crippen LogP contribution in [0.3, 0.4) is 0 Å². The molecule has 0 radical (unpaired) electrons. The molecule has 6 heteroatoms. The average molecular weight is 450 g/mol. The van der Waals surface area contributed by atoms with Crippen molar-refractivity contribution < 1.29 is 18.7 Å². The Morgan fingerprint density at radius 2 is 1.79 bits per heavy atom. The zero-order valence-electron chi connectivity index (χ0n) is 19.6. The molecule has 2 aromatic carbocycles. The minimum Gasteiger partial charge on any atom is -0.493 e. The van der Waals surface area contributed by atoms with E-state index in [0.29, 0.717) is 41.2 Å². The van der Waals surface area contributed by atoms with Gasteiger partial charge in [0.15, 0.2) is 16.9 Å². The lowest BCUT2D eigenvalue weighted by atomic mass is 9.98. The smallest absolute Gasteiger partial charge is 0.290 e. The largest absolute Gasteiger partial charge is 0.493 e. The molecule has 0 fully saturated rings. The Bertz CT molecular complexity index is 1200. The number of fused-ring (bicyclic) bond motifs is 2. The lowest BCUT2D eigenvalue weighted by molar-refractivity contribution is 0.0728. The second-order valence-electron chi connectivity index (χ2n) is 8.39. The molecular formula is C27H31NO5. The Morgan fingerprint density at radius 1 is 0.970 bits per heavy atom. The highest BCUT2D eigenvalue weighted by molar-refractivity contribution is 5.99. The number of amides is 1. The lowest BCUT2D eigenvalue weighted by Gasteiger charge is -2.25. The average Bonchev–Trinajstić information content (AvgIpc) is 3.11. The summed E-state index contributed by atoms with van der Waals surface area (Å²) < 4.78 is 17.5. The van der Waals surface area contributed by atoms with Gasteiger partial charge in [-0.3, -0.25) is 9.59 Å². The highest BCUT2D eigenvalue weighted by Crippen LogP contribution is 2.41.